The lowest BCUT2D eigenvalue weighted by atomic mass is 10.1. The molecular formula is C12H15BrN2O3. The van der Waals surface area contributed by atoms with E-state index in [9.17, 15) is 10.1 Å². The zero-order chi connectivity index (χ0) is 13.3. The summed E-state index contributed by atoms with van der Waals surface area (Å²) >= 11 is 3.43. The minimum atomic E-state index is -0.360. The minimum Gasteiger partial charge on any atom is -0.379 e. The van der Waals surface area contributed by atoms with Crippen LogP contribution in [0.15, 0.2) is 16.6 Å². The Hall–Kier alpha value is -1.14. The van der Waals surface area contributed by atoms with Crippen molar-refractivity contribution in [3.05, 3.63) is 32.3 Å². The smallest absolute Gasteiger partial charge is 0.274 e. The molecule has 0 aliphatic carbocycles. The molecule has 5 nitrogen and oxygen atoms in total. The van der Waals surface area contributed by atoms with E-state index in [2.05, 4.69) is 21.2 Å². The number of nitro groups is 1. The second kappa shape index (κ2) is 5.24. The van der Waals surface area contributed by atoms with Crippen molar-refractivity contribution in [2.75, 3.05) is 11.9 Å². The number of halogens is 1. The van der Waals surface area contributed by atoms with Crippen molar-refractivity contribution in [2.45, 2.75) is 32.4 Å². The van der Waals surface area contributed by atoms with Crippen molar-refractivity contribution in [1.82, 2.24) is 0 Å². The van der Waals surface area contributed by atoms with E-state index < -0.39 is 0 Å². The van der Waals surface area contributed by atoms with Gasteiger partial charge in [-0.05, 0) is 42.3 Å². The second-order valence-electron chi connectivity index (χ2n) is 4.49. The fourth-order valence-electron chi connectivity index (χ4n) is 2.09. The fraction of sp³-hybridized carbons (Fsp3) is 0.500. The molecule has 18 heavy (non-hydrogen) atoms. The van der Waals surface area contributed by atoms with Crippen LogP contribution in [-0.4, -0.2) is 23.7 Å². The maximum Gasteiger partial charge on any atom is 0.274 e. The molecule has 0 bridgehead atoms. The number of benzene rings is 1. The molecule has 6 heteroatoms. The van der Waals surface area contributed by atoms with E-state index in [4.69, 9.17) is 4.74 Å². The van der Waals surface area contributed by atoms with Crippen LogP contribution in [0.5, 0.6) is 0 Å². The van der Waals surface area contributed by atoms with E-state index in [-0.39, 0.29) is 22.8 Å². The number of hydrogen-bond acceptors (Lipinski definition) is 4. The van der Waals surface area contributed by atoms with Crippen molar-refractivity contribution in [2.24, 2.45) is 0 Å². The van der Waals surface area contributed by atoms with Crippen LogP contribution in [0, 0.1) is 17.0 Å². The molecule has 1 N–H and O–H groups in total. The summed E-state index contributed by atoms with van der Waals surface area (Å²) in [5, 5.41) is 14.2. The second-order valence-corrected chi connectivity index (χ2v) is 5.35. The van der Waals surface area contributed by atoms with Gasteiger partial charge in [-0.25, -0.2) is 0 Å². The number of rotatable bonds is 3. The highest BCUT2D eigenvalue weighted by atomic mass is 79.9. The number of nitro benzene ring substituents is 1. The van der Waals surface area contributed by atoms with Crippen LogP contribution in [0.2, 0.25) is 0 Å². The summed E-state index contributed by atoms with van der Waals surface area (Å²) in [6.45, 7) is 4.46. The minimum absolute atomic E-state index is 0.122. The topological polar surface area (TPSA) is 64.4 Å². The van der Waals surface area contributed by atoms with E-state index in [0.29, 0.717) is 5.56 Å². The molecule has 0 spiro atoms. The Labute approximate surface area is 114 Å². The Balaban J connectivity index is 2.27. The number of hydrogen-bond donors (Lipinski definition) is 1. The summed E-state index contributed by atoms with van der Waals surface area (Å²) in [6, 6.07) is 3.54. The highest BCUT2D eigenvalue weighted by molar-refractivity contribution is 9.10. The summed E-state index contributed by atoms with van der Waals surface area (Å²) in [5.41, 5.74) is 1.52. The monoisotopic (exact) mass is 314 g/mol. The van der Waals surface area contributed by atoms with Gasteiger partial charge in [0.2, 0.25) is 0 Å². The summed E-state index contributed by atoms with van der Waals surface area (Å²) in [6.07, 6.45) is 1.03. The van der Waals surface area contributed by atoms with Gasteiger partial charge in [-0.2, -0.15) is 0 Å². The lowest BCUT2D eigenvalue weighted by molar-refractivity contribution is -0.385. The first kappa shape index (κ1) is 13.3. The maximum absolute atomic E-state index is 10.9. The number of nitrogens with one attached hydrogen (secondary N) is 1. The van der Waals surface area contributed by atoms with Gasteiger partial charge in [-0.1, -0.05) is 0 Å². The van der Waals surface area contributed by atoms with Crippen molar-refractivity contribution in [1.29, 1.82) is 0 Å². The lowest BCUT2D eigenvalue weighted by Crippen LogP contribution is -2.26. The predicted molar refractivity (Wildman–Crippen MR) is 73.0 cm³/mol. The van der Waals surface area contributed by atoms with Gasteiger partial charge < -0.3 is 10.1 Å². The maximum atomic E-state index is 10.9. The number of aryl methyl sites for hydroxylation is 1. The van der Waals surface area contributed by atoms with E-state index >= 15 is 0 Å². The molecule has 2 unspecified atom stereocenters. The van der Waals surface area contributed by atoms with Gasteiger partial charge >= 0.3 is 0 Å². The molecule has 1 aromatic carbocycles. The van der Waals surface area contributed by atoms with Crippen molar-refractivity contribution >= 4 is 27.3 Å². The summed E-state index contributed by atoms with van der Waals surface area (Å²) in [4.78, 5) is 10.6. The van der Waals surface area contributed by atoms with E-state index in [0.717, 1.165) is 23.2 Å². The third-order valence-electron chi connectivity index (χ3n) is 3.20. The highest BCUT2D eigenvalue weighted by Crippen LogP contribution is 2.32. The van der Waals surface area contributed by atoms with E-state index in [1.807, 2.05) is 6.92 Å². The molecule has 1 saturated heterocycles. The fourth-order valence-corrected chi connectivity index (χ4v) is 2.66. The standard InChI is InChI=1S/C12H15BrN2O3/c1-7-5-9(13)11(6-12(7)15(16)17)14-10-3-4-18-8(10)2/h5-6,8,10,14H,3-4H2,1-2H3. The molecule has 98 valence electrons. The summed E-state index contributed by atoms with van der Waals surface area (Å²) < 4.78 is 6.30. The van der Waals surface area contributed by atoms with Gasteiger partial charge in [-0.3, -0.25) is 10.1 Å². The molecule has 0 saturated carbocycles. The van der Waals surface area contributed by atoms with Crippen LogP contribution < -0.4 is 5.32 Å². The Morgan fingerprint density at radius 3 is 2.83 bits per heavy atom. The molecule has 1 heterocycles. The van der Waals surface area contributed by atoms with Gasteiger partial charge in [-0.15, -0.1) is 0 Å². The van der Waals surface area contributed by atoms with Gasteiger partial charge in [0.1, 0.15) is 0 Å². The molecular weight excluding hydrogens is 300 g/mol. The molecule has 0 amide bonds. The average molecular weight is 315 g/mol. The van der Waals surface area contributed by atoms with Gasteiger partial charge in [0.25, 0.3) is 5.69 Å². The van der Waals surface area contributed by atoms with Gasteiger partial charge in [0.05, 0.1) is 22.8 Å². The normalized spacial score (nSPS) is 23.1. The van der Waals surface area contributed by atoms with Crippen LogP contribution in [0.1, 0.15) is 18.9 Å². The molecule has 1 fully saturated rings. The van der Waals surface area contributed by atoms with E-state index in [1.54, 1.807) is 19.1 Å². The molecule has 0 radical (unpaired) electrons. The number of nitrogens with zero attached hydrogens (tertiary/aromatic N) is 1. The first-order chi connectivity index (χ1) is 8.49. The molecule has 2 atom stereocenters. The number of anilines is 1. The van der Waals surface area contributed by atoms with Crippen LogP contribution in [0.25, 0.3) is 0 Å². The van der Waals surface area contributed by atoms with Crippen LogP contribution >= 0.6 is 15.9 Å². The van der Waals surface area contributed by atoms with Crippen LogP contribution in [0.4, 0.5) is 11.4 Å². The molecule has 2 rings (SSSR count). The van der Waals surface area contributed by atoms with Crippen LogP contribution in [0.3, 0.4) is 0 Å². The largest absolute Gasteiger partial charge is 0.379 e. The predicted octanol–water partition coefficient (Wildman–Crippen LogP) is 3.26. The summed E-state index contributed by atoms with van der Waals surface area (Å²) in [5.74, 6) is 0. The Morgan fingerprint density at radius 2 is 2.28 bits per heavy atom. The van der Waals surface area contributed by atoms with E-state index in [1.165, 1.54) is 0 Å². The Bertz CT molecular complexity index is 479. The van der Waals surface area contributed by atoms with Crippen LogP contribution in [-0.2, 0) is 4.74 Å². The van der Waals surface area contributed by atoms with Crippen molar-refractivity contribution in [3.63, 3.8) is 0 Å². The Morgan fingerprint density at radius 1 is 1.56 bits per heavy atom. The Kier molecular flexibility index (Phi) is 3.87. The molecule has 1 aliphatic heterocycles. The highest BCUT2D eigenvalue weighted by Gasteiger charge is 2.25. The first-order valence-electron chi connectivity index (χ1n) is 5.81. The molecule has 0 aromatic heterocycles. The molecule has 1 aromatic rings. The average Bonchev–Trinajstić information content (AvgIpc) is 2.67. The zero-order valence-corrected chi connectivity index (χ0v) is 11.9. The van der Waals surface area contributed by atoms with Crippen molar-refractivity contribution < 1.29 is 9.66 Å². The third-order valence-corrected chi connectivity index (χ3v) is 3.86. The van der Waals surface area contributed by atoms with Crippen molar-refractivity contribution in [3.8, 4) is 0 Å². The van der Waals surface area contributed by atoms with Gasteiger partial charge in [0, 0.05) is 22.7 Å². The first-order valence-corrected chi connectivity index (χ1v) is 6.61. The zero-order valence-electron chi connectivity index (χ0n) is 10.3. The lowest BCUT2D eigenvalue weighted by Gasteiger charge is -2.18. The SMILES string of the molecule is Cc1cc(Br)c(NC2CCOC2C)cc1[N+](=O)[O-]. The third kappa shape index (κ3) is 2.64. The van der Waals surface area contributed by atoms with Gasteiger partial charge in [0.15, 0.2) is 0 Å². The quantitative estimate of drug-likeness (QED) is 0.687. The summed E-state index contributed by atoms with van der Waals surface area (Å²) in [7, 11) is 0. The molecule has 1 aliphatic rings. The number of ether oxygens (including phenoxy) is 1.